The summed E-state index contributed by atoms with van der Waals surface area (Å²) in [6.07, 6.45) is 0.749. The lowest BCUT2D eigenvalue weighted by molar-refractivity contribution is 0.0697. The molecule has 0 saturated carbocycles. The van der Waals surface area contributed by atoms with E-state index < -0.39 is 5.97 Å². The van der Waals surface area contributed by atoms with Crippen LogP contribution in [0.5, 0.6) is 0 Å². The maximum atomic E-state index is 11.1. The van der Waals surface area contributed by atoms with Crippen molar-refractivity contribution < 1.29 is 9.90 Å². The smallest absolute Gasteiger partial charge is 0.339 e. The Morgan fingerprint density at radius 1 is 1.37 bits per heavy atom. The molecule has 0 aliphatic carbocycles. The average Bonchev–Trinajstić information content (AvgIpc) is 2.75. The zero-order valence-corrected chi connectivity index (χ0v) is 11.6. The van der Waals surface area contributed by atoms with Crippen LogP contribution in [0.25, 0.3) is 0 Å². The lowest BCUT2D eigenvalue weighted by atomic mass is 10.2. The highest BCUT2D eigenvalue weighted by atomic mass is 32.1. The van der Waals surface area contributed by atoms with Crippen LogP contribution in [-0.4, -0.2) is 27.6 Å². The van der Waals surface area contributed by atoms with Gasteiger partial charge in [0.15, 0.2) is 0 Å². The number of pyridine rings is 1. The van der Waals surface area contributed by atoms with Gasteiger partial charge < -0.3 is 10.4 Å². The van der Waals surface area contributed by atoms with Gasteiger partial charge in [0.2, 0.25) is 0 Å². The Morgan fingerprint density at radius 3 is 2.79 bits per heavy atom. The molecule has 2 aromatic rings. The van der Waals surface area contributed by atoms with Crippen molar-refractivity contribution in [3.05, 3.63) is 39.5 Å². The van der Waals surface area contributed by atoms with E-state index in [1.54, 1.807) is 23.5 Å². The van der Waals surface area contributed by atoms with E-state index in [2.05, 4.69) is 15.3 Å². The Kier molecular flexibility index (Phi) is 4.11. The minimum absolute atomic E-state index is 0.194. The van der Waals surface area contributed by atoms with E-state index in [1.165, 1.54) is 0 Å². The Hall–Kier alpha value is -1.95. The molecular formula is C13H15N3O2S. The summed E-state index contributed by atoms with van der Waals surface area (Å²) in [4.78, 5) is 19.7. The molecule has 2 rings (SSSR count). The molecule has 0 spiro atoms. The number of carbonyl (C=O) groups is 1. The van der Waals surface area contributed by atoms with Crippen molar-refractivity contribution in [1.29, 1.82) is 0 Å². The first-order valence-electron chi connectivity index (χ1n) is 5.92. The Labute approximate surface area is 115 Å². The van der Waals surface area contributed by atoms with Crippen LogP contribution in [0.15, 0.2) is 17.5 Å². The lowest BCUT2D eigenvalue weighted by Crippen LogP contribution is -2.11. The molecule has 0 saturated heterocycles. The molecule has 0 fully saturated rings. The summed E-state index contributed by atoms with van der Waals surface area (Å²) < 4.78 is 0. The second-order valence-electron chi connectivity index (χ2n) is 4.19. The number of nitrogens with one attached hydrogen (secondary N) is 1. The molecule has 2 aromatic heterocycles. The van der Waals surface area contributed by atoms with E-state index in [4.69, 9.17) is 5.11 Å². The van der Waals surface area contributed by atoms with Crippen LogP contribution in [0.1, 0.15) is 26.8 Å². The van der Waals surface area contributed by atoms with Gasteiger partial charge in [0.1, 0.15) is 11.4 Å². The van der Waals surface area contributed by atoms with Gasteiger partial charge in [-0.3, -0.25) is 0 Å². The zero-order valence-electron chi connectivity index (χ0n) is 10.8. The molecule has 0 bridgehead atoms. The van der Waals surface area contributed by atoms with Gasteiger partial charge in [0.05, 0.1) is 10.7 Å². The number of rotatable bonds is 5. The predicted molar refractivity (Wildman–Crippen MR) is 75.0 cm³/mol. The molecular weight excluding hydrogens is 262 g/mol. The molecule has 100 valence electrons. The number of carboxylic acid groups (broad SMARTS) is 1. The van der Waals surface area contributed by atoms with Crippen LogP contribution in [0.2, 0.25) is 0 Å². The molecule has 0 unspecified atom stereocenters. The molecule has 0 aromatic carbocycles. The number of aromatic nitrogens is 2. The van der Waals surface area contributed by atoms with Crippen molar-refractivity contribution >= 4 is 23.1 Å². The minimum atomic E-state index is -0.973. The summed E-state index contributed by atoms with van der Waals surface area (Å²) in [7, 11) is 0. The highest BCUT2D eigenvalue weighted by Gasteiger charge is 2.11. The molecule has 19 heavy (non-hydrogen) atoms. The van der Waals surface area contributed by atoms with Crippen molar-refractivity contribution in [2.24, 2.45) is 0 Å². The largest absolute Gasteiger partial charge is 0.478 e. The van der Waals surface area contributed by atoms with Crippen LogP contribution >= 0.6 is 11.3 Å². The third-order valence-corrected chi connectivity index (χ3v) is 3.43. The number of thiazole rings is 1. The van der Waals surface area contributed by atoms with Gasteiger partial charge in [-0.15, -0.1) is 11.3 Å². The molecule has 6 heteroatoms. The summed E-state index contributed by atoms with van der Waals surface area (Å²) in [5.41, 5.74) is 2.00. The second kappa shape index (κ2) is 5.79. The first-order valence-corrected chi connectivity index (χ1v) is 6.80. The number of aromatic carboxylic acids is 1. The molecule has 5 nitrogen and oxygen atoms in total. The molecule has 0 atom stereocenters. The quantitative estimate of drug-likeness (QED) is 0.878. The summed E-state index contributed by atoms with van der Waals surface area (Å²) in [5.74, 6) is -0.557. The maximum absolute atomic E-state index is 11.1. The van der Waals surface area contributed by atoms with E-state index >= 15 is 0 Å². The standard InChI is InChI=1S/C13H15N3O2S/c1-8-3-4-11(13(17)18)12(15-8)14-6-5-10-7-19-9(2)16-10/h3-4,7H,5-6H2,1-2H3,(H,14,15)(H,17,18). The molecule has 0 aliphatic heterocycles. The maximum Gasteiger partial charge on any atom is 0.339 e. The average molecular weight is 277 g/mol. The van der Waals surface area contributed by atoms with Crippen molar-refractivity contribution in [3.63, 3.8) is 0 Å². The van der Waals surface area contributed by atoms with Crippen molar-refractivity contribution in [3.8, 4) is 0 Å². The lowest BCUT2D eigenvalue weighted by Gasteiger charge is -2.08. The minimum Gasteiger partial charge on any atom is -0.478 e. The van der Waals surface area contributed by atoms with Crippen molar-refractivity contribution in [2.45, 2.75) is 20.3 Å². The van der Waals surface area contributed by atoms with Gasteiger partial charge in [0, 0.05) is 24.0 Å². The summed E-state index contributed by atoms with van der Waals surface area (Å²) in [6.45, 7) is 4.41. The van der Waals surface area contributed by atoms with Crippen molar-refractivity contribution in [1.82, 2.24) is 9.97 Å². The van der Waals surface area contributed by atoms with Gasteiger partial charge in [-0.25, -0.2) is 14.8 Å². The van der Waals surface area contributed by atoms with Crippen LogP contribution < -0.4 is 5.32 Å². The Balaban J connectivity index is 2.02. The Bertz CT molecular complexity index is 595. The van der Waals surface area contributed by atoms with E-state index in [1.807, 2.05) is 19.2 Å². The highest BCUT2D eigenvalue weighted by molar-refractivity contribution is 7.09. The molecule has 0 radical (unpaired) electrons. The SMILES string of the molecule is Cc1ccc(C(=O)O)c(NCCc2csc(C)n2)n1. The van der Waals surface area contributed by atoms with Crippen LogP contribution in [-0.2, 0) is 6.42 Å². The number of carboxylic acids is 1. The second-order valence-corrected chi connectivity index (χ2v) is 5.25. The topological polar surface area (TPSA) is 75.1 Å². The highest BCUT2D eigenvalue weighted by Crippen LogP contribution is 2.14. The molecule has 2 heterocycles. The molecule has 2 N–H and O–H groups in total. The monoisotopic (exact) mass is 277 g/mol. The fourth-order valence-corrected chi connectivity index (χ4v) is 2.34. The molecule has 0 amide bonds. The predicted octanol–water partition coefficient (Wildman–Crippen LogP) is 2.51. The van der Waals surface area contributed by atoms with Crippen LogP contribution in [0.3, 0.4) is 0 Å². The van der Waals surface area contributed by atoms with E-state index in [0.29, 0.717) is 12.4 Å². The zero-order chi connectivity index (χ0) is 13.8. The summed E-state index contributed by atoms with van der Waals surface area (Å²) in [5, 5.41) is 15.2. The van der Waals surface area contributed by atoms with Crippen LogP contribution in [0, 0.1) is 13.8 Å². The summed E-state index contributed by atoms with van der Waals surface area (Å²) in [6, 6.07) is 3.26. The number of nitrogens with zero attached hydrogens (tertiary/aromatic N) is 2. The molecule has 0 aliphatic rings. The normalized spacial score (nSPS) is 10.4. The number of aryl methyl sites for hydroxylation is 2. The van der Waals surface area contributed by atoms with Gasteiger partial charge >= 0.3 is 5.97 Å². The van der Waals surface area contributed by atoms with Gasteiger partial charge in [-0.05, 0) is 26.0 Å². The van der Waals surface area contributed by atoms with Gasteiger partial charge in [0.25, 0.3) is 0 Å². The first-order chi connectivity index (χ1) is 9.06. The van der Waals surface area contributed by atoms with E-state index in [-0.39, 0.29) is 5.56 Å². The number of hydrogen-bond donors (Lipinski definition) is 2. The van der Waals surface area contributed by atoms with E-state index in [9.17, 15) is 4.79 Å². The number of hydrogen-bond acceptors (Lipinski definition) is 5. The van der Waals surface area contributed by atoms with Gasteiger partial charge in [-0.2, -0.15) is 0 Å². The summed E-state index contributed by atoms with van der Waals surface area (Å²) >= 11 is 1.61. The first kappa shape index (κ1) is 13.5. The van der Waals surface area contributed by atoms with Crippen molar-refractivity contribution in [2.75, 3.05) is 11.9 Å². The third kappa shape index (κ3) is 3.51. The fourth-order valence-electron chi connectivity index (χ4n) is 1.70. The van der Waals surface area contributed by atoms with E-state index in [0.717, 1.165) is 22.8 Å². The third-order valence-electron chi connectivity index (χ3n) is 2.61. The van der Waals surface area contributed by atoms with Crippen LogP contribution in [0.4, 0.5) is 5.82 Å². The number of anilines is 1. The fraction of sp³-hybridized carbons (Fsp3) is 0.308. The van der Waals surface area contributed by atoms with Gasteiger partial charge in [-0.1, -0.05) is 0 Å². The Morgan fingerprint density at radius 2 is 2.16 bits per heavy atom.